The maximum absolute atomic E-state index is 5.60. The Morgan fingerprint density at radius 3 is 1.70 bits per heavy atom. The Kier molecular flexibility index (Phi) is 8.36. The van der Waals surface area contributed by atoms with Crippen LogP contribution in [0, 0.1) is 0 Å². The van der Waals surface area contributed by atoms with Crippen molar-refractivity contribution in [1.82, 2.24) is 9.96 Å². The van der Waals surface area contributed by atoms with Gasteiger partial charge in [-0.2, -0.15) is 5.06 Å². The summed E-state index contributed by atoms with van der Waals surface area (Å²) in [4.78, 5) is 28.4. The van der Waals surface area contributed by atoms with Crippen molar-refractivity contribution in [2.45, 2.75) is 0 Å². The first kappa shape index (κ1) is 16.1. The van der Waals surface area contributed by atoms with Gasteiger partial charge in [0.2, 0.25) is 0 Å². The van der Waals surface area contributed by atoms with Crippen molar-refractivity contribution in [2.75, 3.05) is 79.0 Å². The lowest BCUT2D eigenvalue weighted by Crippen LogP contribution is -2.37. The highest BCUT2D eigenvalue weighted by molar-refractivity contribution is 4.56. The zero-order valence-corrected chi connectivity index (χ0v) is 11.8. The Hall–Kier alpha value is -0.320. The molecule has 0 aliphatic carbocycles. The van der Waals surface area contributed by atoms with Crippen LogP contribution in [0.1, 0.15) is 0 Å². The van der Waals surface area contributed by atoms with Crippen LogP contribution < -0.4 is 0 Å². The minimum Gasteiger partial charge on any atom is -0.378 e. The maximum atomic E-state index is 5.60. The van der Waals surface area contributed by atoms with Gasteiger partial charge in [0.1, 0.15) is 0 Å². The Morgan fingerprint density at radius 1 is 0.500 bits per heavy atom. The molecule has 20 heavy (non-hydrogen) atoms. The number of hydroxylamine groups is 2. The van der Waals surface area contributed by atoms with Crippen molar-refractivity contribution < 1.29 is 29.1 Å². The second-order valence-corrected chi connectivity index (χ2v) is 4.50. The predicted octanol–water partition coefficient (Wildman–Crippen LogP) is -0.538. The molecule has 0 unspecified atom stereocenters. The SMILES string of the molecule is C1CON2CCOOCCN(CCO1)CCOOCC2. The Balaban J connectivity index is 1.89. The van der Waals surface area contributed by atoms with E-state index in [1.807, 2.05) is 0 Å². The van der Waals surface area contributed by atoms with E-state index in [1.165, 1.54) is 0 Å². The van der Waals surface area contributed by atoms with Gasteiger partial charge >= 0.3 is 0 Å². The second-order valence-electron chi connectivity index (χ2n) is 4.50. The smallest absolute Gasteiger partial charge is 0.0972 e. The molecule has 3 rings (SSSR count). The van der Waals surface area contributed by atoms with Gasteiger partial charge in [0.05, 0.1) is 59.3 Å². The molecule has 0 radical (unpaired) electrons. The molecule has 118 valence electrons. The van der Waals surface area contributed by atoms with Crippen LogP contribution in [-0.2, 0) is 29.1 Å². The number of nitrogens with zero attached hydrogens (tertiary/aromatic N) is 2. The molecule has 0 atom stereocenters. The van der Waals surface area contributed by atoms with Gasteiger partial charge < -0.3 is 4.74 Å². The molecule has 3 heterocycles. The van der Waals surface area contributed by atoms with Crippen LogP contribution in [0.5, 0.6) is 0 Å². The van der Waals surface area contributed by atoms with E-state index in [2.05, 4.69) is 4.90 Å². The van der Waals surface area contributed by atoms with Crippen LogP contribution in [0.3, 0.4) is 0 Å². The molecule has 8 nitrogen and oxygen atoms in total. The maximum Gasteiger partial charge on any atom is 0.0972 e. The summed E-state index contributed by atoms with van der Waals surface area (Å²) in [7, 11) is 0. The molecular weight excluding hydrogens is 268 g/mol. The molecule has 0 N–H and O–H groups in total. The third-order valence-electron chi connectivity index (χ3n) is 3.05. The molecule has 0 amide bonds. The highest BCUT2D eigenvalue weighted by Crippen LogP contribution is 1.98. The quantitative estimate of drug-likeness (QED) is 0.552. The fraction of sp³-hybridized carbons (Fsp3) is 1.00. The van der Waals surface area contributed by atoms with Crippen molar-refractivity contribution in [2.24, 2.45) is 0 Å². The predicted molar refractivity (Wildman–Crippen MR) is 68.6 cm³/mol. The molecule has 0 aromatic carbocycles. The molecular formula is C12H24N2O6. The first-order chi connectivity index (χ1) is 9.95. The Labute approximate surface area is 119 Å². The molecule has 0 aromatic rings. The number of ether oxygens (including phenoxy) is 1. The summed E-state index contributed by atoms with van der Waals surface area (Å²) >= 11 is 0. The Bertz CT molecular complexity index is 184. The zero-order chi connectivity index (χ0) is 13.9. The van der Waals surface area contributed by atoms with Crippen LogP contribution in [0.4, 0.5) is 0 Å². The van der Waals surface area contributed by atoms with Crippen molar-refractivity contribution in [3.63, 3.8) is 0 Å². The highest BCUT2D eigenvalue weighted by atomic mass is 17.2. The van der Waals surface area contributed by atoms with Crippen molar-refractivity contribution in [3.8, 4) is 0 Å². The monoisotopic (exact) mass is 292 g/mol. The second kappa shape index (κ2) is 10.4. The van der Waals surface area contributed by atoms with Gasteiger partial charge in [-0.3, -0.25) is 9.74 Å². The van der Waals surface area contributed by atoms with E-state index in [0.717, 1.165) is 19.6 Å². The Morgan fingerprint density at radius 2 is 1.05 bits per heavy atom. The number of hydrogen-bond acceptors (Lipinski definition) is 8. The summed E-state index contributed by atoms with van der Waals surface area (Å²) < 4.78 is 5.56. The lowest BCUT2D eigenvalue weighted by molar-refractivity contribution is -0.323. The van der Waals surface area contributed by atoms with Crippen LogP contribution in [0.25, 0.3) is 0 Å². The third kappa shape index (κ3) is 6.91. The van der Waals surface area contributed by atoms with E-state index in [4.69, 9.17) is 29.1 Å². The first-order valence-corrected chi connectivity index (χ1v) is 7.12. The molecule has 3 aliphatic rings. The minimum absolute atomic E-state index is 0.446. The van der Waals surface area contributed by atoms with Crippen molar-refractivity contribution in [1.29, 1.82) is 0 Å². The van der Waals surface area contributed by atoms with Gasteiger partial charge in [0.25, 0.3) is 0 Å². The third-order valence-corrected chi connectivity index (χ3v) is 3.05. The van der Waals surface area contributed by atoms with Crippen LogP contribution in [0.2, 0.25) is 0 Å². The summed E-state index contributed by atoms with van der Waals surface area (Å²) in [6.45, 7) is 7.25. The van der Waals surface area contributed by atoms with E-state index < -0.39 is 0 Å². The average Bonchev–Trinajstić information content (AvgIpc) is 2.47. The van der Waals surface area contributed by atoms with Gasteiger partial charge in [0.15, 0.2) is 0 Å². The van der Waals surface area contributed by atoms with Gasteiger partial charge in [0, 0.05) is 19.6 Å². The van der Waals surface area contributed by atoms with Crippen LogP contribution in [-0.4, -0.2) is 88.9 Å². The summed E-state index contributed by atoms with van der Waals surface area (Å²) in [5.74, 6) is 0. The topological polar surface area (TPSA) is 61.9 Å². The summed E-state index contributed by atoms with van der Waals surface area (Å²) in [6.07, 6.45) is 0. The van der Waals surface area contributed by atoms with Gasteiger partial charge in [-0.05, 0) is 0 Å². The lowest BCUT2D eigenvalue weighted by Gasteiger charge is -2.25. The lowest BCUT2D eigenvalue weighted by atomic mass is 10.4. The standard InChI is InChI=1S/C12H24N2O6/c1-6-15-11-12-16-14-4-9-19-17-7-2-13(1)3-8-18-20-10-5-14/h1-12H2. The van der Waals surface area contributed by atoms with Crippen LogP contribution in [0.15, 0.2) is 0 Å². The van der Waals surface area contributed by atoms with Gasteiger partial charge in [-0.15, -0.1) is 0 Å². The highest BCUT2D eigenvalue weighted by Gasteiger charge is 2.11. The van der Waals surface area contributed by atoms with Gasteiger partial charge in [-0.1, -0.05) is 0 Å². The van der Waals surface area contributed by atoms with E-state index >= 15 is 0 Å². The molecule has 3 saturated heterocycles. The molecule has 2 bridgehead atoms. The fourth-order valence-corrected chi connectivity index (χ4v) is 1.94. The van der Waals surface area contributed by atoms with Crippen molar-refractivity contribution >= 4 is 0 Å². The average molecular weight is 292 g/mol. The number of hydrogen-bond donors (Lipinski definition) is 0. The van der Waals surface area contributed by atoms with Crippen LogP contribution >= 0.6 is 0 Å². The normalized spacial score (nSPS) is 32.4. The first-order valence-electron chi connectivity index (χ1n) is 7.12. The van der Waals surface area contributed by atoms with E-state index in [-0.39, 0.29) is 0 Å². The molecule has 0 aromatic heterocycles. The summed E-state index contributed by atoms with van der Waals surface area (Å²) in [5, 5.41) is 1.78. The van der Waals surface area contributed by atoms with Gasteiger partial charge in [-0.25, -0.2) is 19.6 Å². The molecule has 3 aliphatic heterocycles. The molecule has 3 fully saturated rings. The zero-order valence-electron chi connectivity index (χ0n) is 11.8. The van der Waals surface area contributed by atoms with E-state index in [0.29, 0.717) is 59.3 Å². The fourth-order valence-electron chi connectivity index (χ4n) is 1.94. The summed E-state index contributed by atoms with van der Waals surface area (Å²) in [6, 6.07) is 0. The van der Waals surface area contributed by atoms with E-state index in [9.17, 15) is 0 Å². The summed E-state index contributed by atoms with van der Waals surface area (Å²) in [5.41, 5.74) is 0. The molecule has 0 saturated carbocycles. The minimum atomic E-state index is 0.446. The number of rotatable bonds is 0. The van der Waals surface area contributed by atoms with Crippen molar-refractivity contribution in [3.05, 3.63) is 0 Å². The largest absolute Gasteiger partial charge is 0.378 e. The van der Waals surface area contributed by atoms with E-state index in [1.54, 1.807) is 5.06 Å². The molecule has 0 spiro atoms. The molecule has 8 heteroatoms. The number of fused-ring (bicyclic) bond motifs is 15.